The average molecular weight is 246 g/mol. The van der Waals surface area contributed by atoms with Crippen molar-refractivity contribution in [1.82, 2.24) is 5.32 Å². The van der Waals surface area contributed by atoms with Gasteiger partial charge in [-0.1, -0.05) is 17.7 Å². The molecule has 0 saturated carbocycles. The van der Waals surface area contributed by atoms with Crippen molar-refractivity contribution in [2.45, 2.75) is 6.42 Å². The van der Waals surface area contributed by atoms with E-state index in [4.69, 9.17) is 16.3 Å². The van der Waals surface area contributed by atoms with E-state index >= 15 is 0 Å². The number of thiophene rings is 1. The number of methoxy groups -OCH3 is 1. The van der Waals surface area contributed by atoms with Crippen LogP contribution in [0.25, 0.3) is 6.08 Å². The summed E-state index contributed by atoms with van der Waals surface area (Å²) in [4.78, 5) is 1.13. The molecule has 15 heavy (non-hydrogen) atoms. The predicted octanol–water partition coefficient (Wildman–Crippen LogP) is 3.04. The Kier molecular flexibility index (Phi) is 6.68. The minimum Gasteiger partial charge on any atom is -0.383 e. The third-order valence-electron chi connectivity index (χ3n) is 1.88. The van der Waals surface area contributed by atoms with E-state index in [1.165, 1.54) is 0 Å². The van der Waals surface area contributed by atoms with Crippen molar-refractivity contribution in [3.8, 4) is 0 Å². The number of nitrogens with one attached hydrogen (secondary N) is 1. The molecule has 1 aromatic rings. The number of hydrogen-bond donors (Lipinski definition) is 1. The van der Waals surface area contributed by atoms with Crippen LogP contribution < -0.4 is 5.32 Å². The molecule has 1 N–H and O–H groups in total. The molecular formula is C11H16ClNOS. The molecule has 2 nitrogen and oxygen atoms in total. The second-order valence-corrected chi connectivity index (χ2v) is 4.42. The van der Waals surface area contributed by atoms with Crippen molar-refractivity contribution in [2.75, 3.05) is 26.8 Å². The molecule has 0 bridgehead atoms. The van der Waals surface area contributed by atoms with E-state index in [1.807, 2.05) is 11.4 Å². The molecular weight excluding hydrogens is 230 g/mol. The van der Waals surface area contributed by atoms with Crippen LogP contribution in [-0.4, -0.2) is 26.8 Å². The number of hydrogen-bond acceptors (Lipinski definition) is 3. The topological polar surface area (TPSA) is 21.3 Å². The lowest BCUT2D eigenvalue weighted by molar-refractivity contribution is 0.199. The SMILES string of the molecule is COCCNCC/C=C/c1sccc1Cl. The lowest BCUT2D eigenvalue weighted by Crippen LogP contribution is -2.19. The predicted molar refractivity (Wildman–Crippen MR) is 67.7 cm³/mol. The van der Waals surface area contributed by atoms with Gasteiger partial charge >= 0.3 is 0 Å². The lowest BCUT2D eigenvalue weighted by atomic mass is 10.3. The van der Waals surface area contributed by atoms with Gasteiger partial charge in [-0.15, -0.1) is 11.3 Å². The highest BCUT2D eigenvalue weighted by Gasteiger charge is 1.95. The standard InChI is InChI=1S/C11H16ClNOS/c1-14-8-7-13-6-3-2-4-11-10(12)5-9-15-11/h2,4-5,9,13H,3,6-8H2,1H3/b4-2+. The first-order valence-electron chi connectivity index (χ1n) is 4.94. The molecule has 0 radical (unpaired) electrons. The molecule has 0 atom stereocenters. The fourth-order valence-corrected chi connectivity index (χ4v) is 2.14. The second-order valence-electron chi connectivity index (χ2n) is 3.07. The van der Waals surface area contributed by atoms with Crippen molar-refractivity contribution in [2.24, 2.45) is 0 Å². The van der Waals surface area contributed by atoms with Crippen molar-refractivity contribution in [3.05, 3.63) is 27.4 Å². The first-order chi connectivity index (χ1) is 7.34. The van der Waals surface area contributed by atoms with Gasteiger partial charge in [-0.2, -0.15) is 0 Å². The van der Waals surface area contributed by atoms with Gasteiger partial charge in [0.1, 0.15) is 0 Å². The van der Waals surface area contributed by atoms with E-state index in [1.54, 1.807) is 18.4 Å². The summed E-state index contributed by atoms with van der Waals surface area (Å²) in [6, 6.07) is 1.92. The zero-order valence-corrected chi connectivity index (χ0v) is 10.4. The summed E-state index contributed by atoms with van der Waals surface area (Å²) >= 11 is 7.61. The summed E-state index contributed by atoms with van der Waals surface area (Å²) in [6.07, 6.45) is 5.22. The van der Waals surface area contributed by atoms with Crippen LogP contribution in [0, 0.1) is 0 Å². The largest absolute Gasteiger partial charge is 0.383 e. The van der Waals surface area contributed by atoms with E-state index in [-0.39, 0.29) is 0 Å². The Morgan fingerprint density at radius 3 is 3.07 bits per heavy atom. The molecule has 0 aliphatic carbocycles. The molecule has 1 aromatic heterocycles. The van der Waals surface area contributed by atoms with Gasteiger partial charge in [-0.3, -0.25) is 0 Å². The van der Waals surface area contributed by atoms with Crippen molar-refractivity contribution < 1.29 is 4.74 Å². The third kappa shape index (κ3) is 5.33. The van der Waals surface area contributed by atoms with Gasteiger partial charge < -0.3 is 10.1 Å². The highest BCUT2D eigenvalue weighted by atomic mass is 35.5. The van der Waals surface area contributed by atoms with Crippen LogP contribution in [0.5, 0.6) is 0 Å². The van der Waals surface area contributed by atoms with Crippen LogP contribution in [0.1, 0.15) is 11.3 Å². The van der Waals surface area contributed by atoms with Crippen LogP contribution in [0.3, 0.4) is 0 Å². The van der Waals surface area contributed by atoms with Crippen LogP contribution in [0.15, 0.2) is 17.5 Å². The molecule has 0 fully saturated rings. The maximum atomic E-state index is 5.95. The molecule has 0 aliphatic heterocycles. The summed E-state index contributed by atoms with van der Waals surface area (Å²) in [5.41, 5.74) is 0. The Bertz CT molecular complexity index is 299. The Labute approximate surface area is 99.9 Å². The summed E-state index contributed by atoms with van der Waals surface area (Å²) in [5, 5.41) is 6.11. The Morgan fingerprint density at radius 1 is 1.53 bits per heavy atom. The van der Waals surface area contributed by atoms with Crippen LogP contribution in [0.4, 0.5) is 0 Å². The fraction of sp³-hybridized carbons (Fsp3) is 0.455. The molecule has 1 rings (SSSR count). The number of rotatable bonds is 7. The van der Waals surface area contributed by atoms with Crippen LogP contribution in [0.2, 0.25) is 5.02 Å². The molecule has 0 amide bonds. The van der Waals surface area contributed by atoms with Gasteiger partial charge in [-0.05, 0) is 30.5 Å². The Balaban J connectivity index is 2.10. The van der Waals surface area contributed by atoms with Crippen molar-refractivity contribution >= 4 is 29.0 Å². The summed E-state index contributed by atoms with van der Waals surface area (Å²) in [6.45, 7) is 2.65. The fourth-order valence-electron chi connectivity index (χ4n) is 1.10. The Morgan fingerprint density at radius 2 is 2.40 bits per heavy atom. The smallest absolute Gasteiger partial charge is 0.0587 e. The maximum Gasteiger partial charge on any atom is 0.0587 e. The van der Waals surface area contributed by atoms with Crippen molar-refractivity contribution in [3.63, 3.8) is 0 Å². The summed E-state index contributed by atoms with van der Waals surface area (Å²) in [7, 11) is 1.71. The minimum atomic E-state index is 0.764. The van der Waals surface area contributed by atoms with Gasteiger partial charge in [0.25, 0.3) is 0 Å². The summed E-state index contributed by atoms with van der Waals surface area (Å²) in [5.74, 6) is 0. The van der Waals surface area contributed by atoms with Crippen LogP contribution >= 0.6 is 22.9 Å². The molecule has 4 heteroatoms. The minimum absolute atomic E-state index is 0.764. The van der Waals surface area contributed by atoms with E-state index < -0.39 is 0 Å². The molecule has 0 aromatic carbocycles. The van der Waals surface area contributed by atoms with Gasteiger partial charge in [-0.25, -0.2) is 0 Å². The quantitative estimate of drug-likeness (QED) is 0.746. The monoisotopic (exact) mass is 245 g/mol. The number of ether oxygens (including phenoxy) is 1. The second kappa shape index (κ2) is 7.88. The van der Waals surface area contributed by atoms with E-state index in [0.29, 0.717) is 0 Å². The molecule has 0 spiro atoms. The van der Waals surface area contributed by atoms with E-state index in [2.05, 4.69) is 17.5 Å². The molecule has 0 aliphatic rings. The van der Waals surface area contributed by atoms with Gasteiger partial charge in [0.2, 0.25) is 0 Å². The highest BCUT2D eigenvalue weighted by molar-refractivity contribution is 7.11. The van der Waals surface area contributed by atoms with E-state index in [9.17, 15) is 0 Å². The number of halogens is 1. The third-order valence-corrected chi connectivity index (χ3v) is 3.21. The van der Waals surface area contributed by atoms with Gasteiger partial charge in [0.15, 0.2) is 0 Å². The van der Waals surface area contributed by atoms with Gasteiger partial charge in [0.05, 0.1) is 11.6 Å². The van der Waals surface area contributed by atoms with Gasteiger partial charge in [0, 0.05) is 18.5 Å². The zero-order valence-electron chi connectivity index (χ0n) is 8.83. The maximum absolute atomic E-state index is 5.95. The summed E-state index contributed by atoms with van der Waals surface area (Å²) < 4.78 is 4.93. The zero-order chi connectivity index (χ0) is 10.9. The normalized spacial score (nSPS) is 11.3. The van der Waals surface area contributed by atoms with Crippen LogP contribution in [-0.2, 0) is 4.74 Å². The first kappa shape index (κ1) is 12.7. The molecule has 0 unspecified atom stereocenters. The van der Waals surface area contributed by atoms with E-state index in [0.717, 1.165) is 36.0 Å². The lowest BCUT2D eigenvalue weighted by Gasteiger charge is -2.00. The highest BCUT2D eigenvalue weighted by Crippen LogP contribution is 2.23. The first-order valence-corrected chi connectivity index (χ1v) is 6.19. The van der Waals surface area contributed by atoms with Crippen molar-refractivity contribution in [1.29, 1.82) is 0 Å². The molecule has 0 saturated heterocycles. The molecule has 1 heterocycles. The average Bonchev–Trinajstić information content (AvgIpc) is 2.63. The molecule has 84 valence electrons. The Hall–Kier alpha value is -0.350.